The Morgan fingerprint density at radius 3 is 2.30 bits per heavy atom. The molecule has 27 heavy (non-hydrogen) atoms. The predicted octanol–water partition coefficient (Wildman–Crippen LogP) is 2.85. The van der Waals surface area contributed by atoms with Crippen LogP contribution in [-0.4, -0.2) is 57.6 Å². The van der Waals surface area contributed by atoms with Gasteiger partial charge in [0.25, 0.3) is 5.91 Å². The molecular weight excluding hydrogens is 340 g/mol. The van der Waals surface area contributed by atoms with Gasteiger partial charge >= 0.3 is 0 Å². The third-order valence-corrected chi connectivity index (χ3v) is 7.24. The van der Waals surface area contributed by atoms with Gasteiger partial charge in [0.1, 0.15) is 5.69 Å². The molecule has 0 bridgehead atoms. The first-order valence-corrected chi connectivity index (χ1v) is 10.6. The molecule has 3 heterocycles. The second-order valence-electron chi connectivity index (χ2n) is 8.87. The highest BCUT2D eigenvalue weighted by Gasteiger charge is 2.40. The summed E-state index contributed by atoms with van der Waals surface area (Å²) in [5.74, 6) is 1.05. The Labute approximate surface area is 161 Å². The highest BCUT2D eigenvalue weighted by molar-refractivity contribution is 5.92. The fourth-order valence-electron chi connectivity index (χ4n) is 5.27. The van der Waals surface area contributed by atoms with Crippen LogP contribution in [0, 0.1) is 11.3 Å². The van der Waals surface area contributed by atoms with E-state index < -0.39 is 0 Å². The molecule has 1 saturated carbocycles. The number of nitrogens with zero attached hydrogens (tertiary/aromatic N) is 4. The maximum absolute atomic E-state index is 12.7. The number of aryl methyl sites for hydroxylation is 1. The quantitative estimate of drug-likeness (QED) is 0.820. The van der Waals surface area contributed by atoms with E-state index in [0.29, 0.717) is 22.9 Å². The third-order valence-electron chi connectivity index (χ3n) is 7.24. The van der Waals surface area contributed by atoms with E-state index in [1.54, 1.807) is 16.9 Å². The largest absolute Gasteiger partial charge is 0.343 e. The number of amides is 2. The van der Waals surface area contributed by atoms with Crippen molar-refractivity contribution in [2.24, 2.45) is 18.4 Å². The molecule has 1 aromatic rings. The number of aromatic nitrogens is 2. The van der Waals surface area contributed by atoms with Crippen molar-refractivity contribution >= 4 is 11.8 Å². The fraction of sp³-hybridized carbons (Fsp3) is 0.762. The van der Waals surface area contributed by atoms with Crippen LogP contribution in [0.1, 0.15) is 68.3 Å². The van der Waals surface area contributed by atoms with Gasteiger partial charge in [0.2, 0.25) is 5.91 Å². The number of piperidine rings is 1. The normalized spacial score (nSPS) is 23.1. The summed E-state index contributed by atoms with van der Waals surface area (Å²) in [6.45, 7) is 3.63. The van der Waals surface area contributed by atoms with Crippen molar-refractivity contribution in [1.29, 1.82) is 0 Å². The Hall–Kier alpha value is -1.85. The molecule has 1 aromatic heterocycles. The molecule has 0 radical (unpaired) electrons. The lowest BCUT2D eigenvalue weighted by molar-refractivity contribution is -0.131. The van der Waals surface area contributed by atoms with Gasteiger partial charge in [-0.15, -0.1) is 0 Å². The maximum Gasteiger partial charge on any atom is 0.272 e. The number of carbonyl (C=O) groups is 2. The molecule has 0 unspecified atom stereocenters. The van der Waals surface area contributed by atoms with Crippen molar-refractivity contribution in [3.8, 4) is 0 Å². The van der Waals surface area contributed by atoms with Gasteiger partial charge in [-0.25, -0.2) is 0 Å². The average molecular weight is 373 g/mol. The van der Waals surface area contributed by atoms with Crippen LogP contribution in [0.15, 0.2) is 12.3 Å². The molecular formula is C21H32N4O2. The average Bonchev–Trinajstić information content (AvgIpc) is 3.36. The predicted molar refractivity (Wildman–Crippen MR) is 103 cm³/mol. The second kappa shape index (κ2) is 7.64. The topological polar surface area (TPSA) is 58.4 Å². The highest BCUT2D eigenvalue weighted by atomic mass is 16.2. The molecule has 3 fully saturated rings. The van der Waals surface area contributed by atoms with E-state index in [0.717, 1.165) is 45.4 Å². The van der Waals surface area contributed by atoms with Crippen molar-refractivity contribution < 1.29 is 9.59 Å². The van der Waals surface area contributed by atoms with Crippen LogP contribution in [0.5, 0.6) is 0 Å². The molecule has 6 heteroatoms. The van der Waals surface area contributed by atoms with E-state index in [9.17, 15) is 9.59 Å². The zero-order chi connectivity index (χ0) is 18.9. The number of carbonyl (C=O) groups excluding carboxylic acids is 2. The van der Waals surface area contributed by atoms with Gasteiger partial charge in [0.05, 0.1) is 0 Å². The molecule has 1 spiro atoms. The van der Waals surface area contributed by atoms with Crippen molar-refractivity contribution in [3.63, 3.8) is 0 Å². The van der Waals surface area contributed by atoms with E-state index in [2.05, 4.69) is 10.00 Å². The van der Waals surface area contributed by atoms with E-state index in [1.165, 1.54) is 38.5 Å². The molecule has 1 aliphatic carbocycles. The maximum atomic E-state index is 12.7. The van der Waals surface area contributed by atoms with Crippen LogP contribution < -0.4 is 0 Å². The first-order chi connectivity index (χ1) is 13.1. The van der Waals surface area contributed by atoms with Crippen LogP contribution in [0.3, 0.4) is 0 Å². The monoisotopic (exact) mass is 372 g/mol. The van der Waals surface area contributed by atoms with Crippen molar-refractivity contribution in [1.82, 2.24) is 19.6 Å². The first kappa shape index (κ1) is 18.5. The standard InChI is InChI=1S/C21H32N4O2/c1-23-18(6-11-22-23)20(27)25-14-9-21(10-15-25)7-4-17(5-8-21)16-19(26)24-12-2-3-13-24/h6,11,17H,2-5,7-10,12-16H2,1H3. The summed E-state index contributed by atoms with van der Waals surface area (Å²) in [5, 5.41) is 4.11. The molecule has 0 aromatic carbocycles. The van der Waals surface area contributed by atoms with Gasteiger partial charge in [-0.1, -0.05) is 0 Å². The van der Waals surface area contributed by atoms with Gasteiger partial charge in [-0.3, -0.25) is 14.3 Å². The number of hydrogen-bond donors (Lipinski definition) is 0. The molecule has 3 aliphatic rings. The third kappa shape index (κ3) is 3.90. The molecule has 148 valence electrons. The lowest BCUT2D eigenvalue weighted by Crippen LogP contribution is -2.45. The summed E-state index contributed by atoms with van der Waals surface area (Å²) < 4.78 is 1.66. The van der Waals surface area contributed by atoms with Crippen molar-refractivity contribution in [2.75, 3.05) is 26.2 Å². The number of likely N-dealkylation sites (tertiary alicyclic amines) is 2. The molecule has 0 N–H and O–H groups in total. The van der Waals surface area contributed by atoms with Crippen molar-refractivity contribution in [3.05, 3.63) is 18.0 Å². The minimum atomic E-state index is 0.106. The lowest BCUT2D eigenvalue weighted by atomic mass is 9.65. The Bertz CT molecular complexity index is 674. The fourth-order valence-corrected chi connectivity index (χ4v) is 5.27. The van der Waals surface area contributed by atoms with Gasteiger partial charge < -0.3 is 9.80 Å². The zero-order valence-electron chi connectivity index (χ0n) is 16.5. The summed E-state index contributed by atoms with van der Waals surface area (Å²) in [6, 6.07) is 1.80. The minimum absolute atomic E-state index is 0.106. The van der Waals surface area contributed by atoms with Gasteiger partial charge in [0, 0.05) is 45.8 Å². The summed E-state index contributed by atoms with van der Waals surface area (Å²) in [7, 11) is 1.82. The molecule has 0 atom stereocenters. The van der Waals surface area contributed by atoms with Gasteiger partial charge in [-0.2, -0.15) is 5.10 Å². The lowest BCUT2D eigenvalue weighted by Gasteiger charge is -2.46. The molecule has 6 nitrogen and oxygen atoms in total. The first-order valence-electron chi connectivity index (χ1n) is 10.6. The summed E-state index contributed by atoms with van der Waals surface area (Å²) in [5.41, 5.74) is 1.08. The smallest absolute Gasteiger partial charge is 0.272 e. The second-order valence-corrected chi connectivity index (χ2v) is 8.87. The molecule has 2 aliphatic heterocycles. The summed E-state index contributed by atoms with van der Waals surface area (Å²) in [6.07, 6.45) is 11.8. The van der Waals surface area contributed by atoms with Crippen molar-refractivity contribution in [2.45, 2.75) is 57.8 Å². The summed E-state index contributed by atoms with van der Waals surface area (Å²) >= 11 is 0. The van der Waals surface area contributed by atoms with Crippen LogP contribution >= 0.6 is 0 Å². The van der Waals surface area contributed by atoms with E-state index in [1.807, 2.05) is 11.9 Å². The molecule has 4 rings (SSSR count). The van der Waals surface area contributed by atoms with Crippen LogP contribution in [0.4, 0.5) is 0 Å². The van der Waals surface area contributed by atoms with Gasteiger partial charge in [-0.05, 0) is 68.8 Å². The Morgan fingerprint density at radius 2 is 1.70 bits per heavy atom. The van der Waals surface area contributed by atoms with Gasteiger partial charge in [0.15, 0.2) is 0 Å². The molecule has 2 amide bonds. The SMILES string of the molecule is Cn1nccc1C(=O)N1CCC2(CCC(CC(=O)N3CCCC3)CC2)CC1. The zero-order valence-corrected chi connectivity index (χ0v) is 16.5. The Kier molecular flexibility index (Phi) is 5.24. The minimum Gasteiger partial charge on any atom is -0.343 e. The number of rotatable bonds is 3. The van der Waals surface area contributed by atoms with E-state index in [4.69, 9.17) is 0 Å². The Morgan fingerprint density at radius 1 is 1.04 bits per heavy atom. The van der Waals surface area contributed by atoms with Crippen LogP contribution in [0.2, 0.25) is 0 Å². The van der Waals surface area contributed by atoms with E-state index >= 15 is 0 Å². The summed E-state index contributed by atoms with van der Waals surface area (Å²) in [4.78, 5) is 29.1. The number of hydrogen-bond acceptors (Lipinski definition) is 3. The highest BCUT2D eigenvalue weighted by Crippen LogP contribution is 2.47. The van der Waals surface area contributed by atoms with Crippen LogP contribution in [-0.2, 0) is 11.8 Å². The Balaban J connectivity index is 1.25. The van der Waals surface area contributed by atoms with Crippen LogP contribution in [0.25, 0.3) is 0 Å². The van der Waals surface area contributed by atoms with E-state index in [-0.39, 0.29) is 5.91 Å². The molecule has 2 saturated heterocycles.